The van der Waals surface area contributed by atoms with Crippen LogP contribution in [0.4, 0.5) is 26.7 Å². The molecule has 2 aromatic heterocycles. The largest absolute Gasteiger partial charge is 0.477 e. The van der Waals surface area contributed by atoms with E-state index in [1.807, 2.05) is 0 Å². The molecule has 0 saturated carbocycles. The third kappa shape index (κ3) is 8.92. The molecule has 1 unspecified atom stereocenters. The van der Waals surface area contributed by atoms with E-state index in [0.717, 1.165) is 4.57 Å². The Labute approximate surface area is 346 Å². The number of halogens is 1. The van der Waals surface area contributed by atoms with Gasteiger partial charge in [-0.05, 0) is 103 Å². The van der Waals surface area contributed by atoms with Crippen LogP contribution in [0, 0.1) is 0 Å². The number of aromatic nitrogens is 5. The van der Waals surface area contributed by atoms with Gasteiger partial charge in [0.2, 0.25) is 5.91 Å². The van der Waals surface area contributed by atoms with Crippen molar-refractivity contribution in [3.8, 4) is 11.4 Å². The van der Waals surface area contributed by atoms with Crippen molar-refractivity contribution in [2.24, 2.45) is 0 Å². The minimum Gasteiger partial charge on any atom is -0.477 e. The van der Waals surface area contributed by atoms with Crippen LogP contribution in [0.5, 0.6) is 5.75 Å². The molecule has 3 heterocycles. The molecule has 0 spiro atoms. The van der Waals surface area contributed by atoms with E-state index in [4.69, 9.17) is 21.1 Å². The van der Waals surface area contributed by atoms with Gasteiger partial charge in [0.05, 0.1) is 16.9 Å². The lowest BCUT2D eigenvalue weighted by Gasteiger charge is -2.38. The molecular weight excluding hydrogens is 798 g/mol. The zero-order valence-electron chi connectivity index (χ0n) is 32.2. The lowest BCUT2D eigenvalue weighted by Crippen LogP contribution is -2.60. The highest BCUT2D eigenvalue weighted by molar-refractivity contribution is 6.41. The molecule has 1 aliphatic rings. The Hall–Kier alpha value is -7.60. The van der Waals surface area contributed by atoms with Crippen LogP contribution >= 0.6 is 11.6 Å². The number of benzene rings is 4. The molecule has 7 rings (SSSR count). The first kappa shape index (κ1) is 40.6. The summed E-state index contributed by atoms with van der Waals surface area (Å²) in [5, 5.41) is 27.2. The first-order valence-corrected chi connectivity index (χ1v) is 18.7. The minimum absolute atomic E-state index is 0.0295. The molecule has 19 heteroatoms. The van der Waals surface area contributed by atoms with Gasteiger partial charge in [-0.15, -0.1) is 5.10 Å². The van der Waals surface area contributed by atoms with Gasteiger partial charge in [0, 0.05) is 41.3 Å². The molecule has 306 valence electrons. The molecule has 18 nitrogen and oxygen atoms in total. The van der Waals surface area contributed by atoms with Crippen LogP contribution in [-0.4, -0.2) is 95.4 Å². The number of anilines is 3. The smallest absolute Gasteiger partial charge is 0.419 e. The Balaban J connectivity index is 1.16. The number of tetrazole rings is 1. The van der Waals surface area contributed by atoms with Crippen LogP contribution in [0.1, 0.15) is 36.8 Å². The van der Waals surface area contributed by atoms with E-state index in [1.165, 1.54) is 51.1 Å². The van der Waals surface area contributed by atoms with E-state index in [-0.39, 0.29) is 42.1 Å². The van der Waals surface area contributed by atoms with Crippen molar-refractivity contribution in [3.05, 3.63) is 120 Å². The van der Waals surface area contributed by atoms with Crippen LogP contribution in [-0.2, 0) is 25.5 Å². The molecule has 4 amide bonds. The molecule has 0 radical (unpaired) electrons. The van der Waals surface area contributed by atoms with Crippen molar-refractivity contribution < 1.29 is 43.3 Å². The van der Waals surface area contributed by atoms with Crippen molar-refractivity contribution in [2.45, 2.75) is 38.8 Å². The quantitative estimate of drug-likeness (QED) is 0.140. The van der Waals surface area contributed by atoms with Crippen molar-refractivity contribution in [2.75, 3.05) is 28.6 Å². The number of rotatable bonds is 10. The maximum Gasteiger partial charge on any atom is 0.419 e. The molecule has 0 bridgehead atoms. The second-order valence-corrected chi connectivity index (χ2v) is 14.9. The number of amides is 4. The summed E-state index contributed by atoms with van der Waals surface area (Å²) in [6.07, 6.45) is -0.349. The number of nitrogens with zero attached hydrogens (tertiary/aromatic N) is 7. The van der Waals surface area contributed by atoms with Crippen LogP contribution in [0.3, 0.4) is 0 Å². The molecule has 1 aliphatic heterocycles. The van der Waals surface area contributed by atoms with Gasteiger partial charge >= 0.3 is 30.0 Å². The number of carbonyl (C=O) groups is 6. The predicted molar refractivity (Wildman–Crippen MR) is 217 cm³/mol. The summed E-state index contributed by atoms with van der Waals surface area (Å²) >= 11 is 6.32. The van der Waals surface area contributed by atoms with Crippen LogP contribution in [0.25, 0.3) is 16.6 Å². The van der Waals surface area contributed by atoms with E-state index in [9.17, 15) is 33.9 Å². The predicted octanol–water partition coefficient (Wildman–Crippen LogP) is 5.79. The van der Waals surface area contributed by atoms with Gasteiger partial charge in [-0.2, -0.15) is 4.68 Å². The van der Waals surface area contributed by atoms with Gasteiger partial charge in [0.25, 0.3) is 0 Å². The zero-order chi connectivity index (χ0) is 42.7. The number of para-hydroxylation sites is 1. The number of carboxylic acids is 1. The second-order valence-electron chi connectivity index (χ2n) is 14.5. The Morgan fingerprint density at radius 1 is 0.850 bits per heavy atom. The number of nitrogens with one attached hydrogen (secondary N) is 2. The van der Waals surface area contributed by atoms with Crippen molar-refractivity contribution in [1.29, 1.82) is 0 Å². The summed E-state index contributed by atoms with van der Waals surface area (Å²) in [6.45, 7) is 4.85. The Kier molecular flexibility index (Phi) is 11.3. The number of carboxylic acid groups (broad SMARTS) is 1. The van der Waals surface area contributed by atoms with E-state index >= 15 is 0 Å². The van der Waals surface area contributed by atoms with Crippen LogP contribution < -0.4 is 20.3 Å². The zero-order valence-corrected chi connectivity index (χ0v) is 33.0. The topological polar surface area (TPSA) is 220 Å². The fraction of sp³-hybridized carbons (Fsp3) is 0.195. The maximum atomic E-state index is 14.3. The van der Waals surface area contributed by atoms with Crippen LogP contribution in [0.2, 0.25) is 5.02 Å². The molecule has 1 atom stereocenters. The second kappa shape index (κ2) is 16.7. The summed E-state index contributed by atoms with van der Waals surface area (Å²) in [5.41, 5.74) is 0.807. The molecule has 1 saturated heterocycles. The van der Waals surface area contributed by atoms with E-state index in [0.29, 0.717) is 33.1 Å². The van der Waals surface area contributed by atoms with E-state index in [1.54, 1.807) is 87.5 Å². The molecule has 3 N–H and O–H groups in total. The monoisotopic (exact) mass is 833 g/mol. The third-order valence-corrected chi connectivity index (χ3v) is 9.44. The first-order chi connectivity index (χ1) is 28.6. The maximum absolute atomic E-state index is 14.3. The molecule has 4 aromatic carbocycles. The number of aromatic carboxylic acids is 1. The fourth-order valence-electron chi connectivity index (χ4n) is 6.57. The normalized spacial score (nSPS) is 13.5. The van der Waals surface area contributed by atoms with E-state index in [2.05, 4.69) is 26.2 Å². The standard InChI is InChI=1S/C41H36ClN9O9/c1-41(2,3)60-40(58)51-30-16-14-28(20-25(30)21-34(51)38(55)56)44-35(52)33(19-24-9-12-27(13-10-24)45-39(57)59-29-7-5-4-6-8-29)49-18-17-48(36(53)37(49)54)32-22-26(42)11-15-31(32)50-23-43-46-47-50/h4-16,20-23,33H,17-19H2,1-3H3,(H,44,52)(H,45,57)(H,55,56). The van der Waals surface area contributed by atoms with Crippen LogP contribution in [0.15, 0.2) is 103 Å². The van der Waals surface area contributed by atoms with Crippen molar-refractivity contribution in [3.63, 3.8) is 0 Å². The number of ether oxygens (including phenoxy) is 2. The fourth-order valence-corrected chi connectivity index (χ4v) is 6.73. The summed E-state index contributed by atoms with van der Waals surface area (Å²) < 4.78 is 13.0. The van der Waals surface area contributed by atoms with Crippen molar-refractivity contribution >= 4 is 75.4 Å². The average Bonchev–Trinajstić information content (AvgIpc) is 3.88. The highest BCUT2D eigenvalue weighted by atomic mass is 35.5. The number of hydrogen-bond acceptors (Lipinski definition) is 11. The summed E-state index contributed by atoms with van der Waals surface area (Å²) in [7, 11) is 0. The van der Waals surface area contributed by atoms with Gasteiger partial charge in [-0.1, -0.05) is 41.9 Å². The summed E-state index contributed by atoms with van der Waals surface area (Å²) in [5.74, 6) is -3.59. The van der Waals surface area contributed by atoms with Gasteiger partial charge in [0.15, 0.2) is 0 Å². The highest BCUT2D eigenvalue weighted by Crippen LogP contribution is 2.31. The molecule has 60 heavy (non-hydrogen) atoms. The Morgan fingerprint density at radius 3 is 2.27 bits per heavy atom. The minimum atomic E-state index is -1.37. The lowest BCUT2D eigenvalue weighted by molar-refractivity contribution is -0.149. The average molecular weight is 834 g/mol. The molecular formula is C41H36ClN9O9. The number of hydrogen-bond donors (Lipinski definition) is 3. The number of fused-ring (bicyclic) bond motifs is 1. The Morgan fingerprint density at radius 2 is 1.58 bits per heavy atom. The van der Waals surface area contributed by atoms with E-state index < -0.39 is 47.5 Å². The Bertz CT molecular complexity index is 2630. The van der Waals surface area contributed by atoms with Gasteiger partial charge in [0.1, 0.15) is 29.4 Å². The molecule has 1 fully saturated rings. The van der Waals surface area contributed by atoms with Gasteiger partial charge in [-0.3, -0.25) is 19.7 Å². The summed E-state index contributed by atoms with van der Waals surface area (Å²) in [6, 6.07) is 24.2. The lowest BCUT2D eigenvalue weighted by atomic mass is 10.0. The van der Waals surface area contributed by atoms with Gasteiger partial charge in [-0.25, -0.2) is 19.0 Å². The number of carbonyl (C=O) groups excluding carboxylic acids is 5. The van der Waals surface area contributed by atoms with Gasteiger partial charge < -0.3 is 29.7 Å². The molecule has 0 aliphatic carbocycles. The third-order valence-electron chi connectivity index (χ3n) is 9.20. The summed E-state index contributed by atoms with van der Waals surface area (Å²) in [4.78, 5) is 82.5. The highest BCUT2D eigenvalue weighted by Gasteiger charge is 2.41. The first-order valence-electron chi connectivity index (χ1n) is 18.4. The molecule has 6 aromatic rings. The van der Waals surface area contributed by atoms with Crippen molar-refractivity contribution in [1.82, 2.24) is 29.7 Å². The SMILES string of the molecule is CC(C)(C)OC(=O)n1c(C(=O)O)cc2cc(NC(=O)C(Cc3ccc(NC(=O)Oc4ccccc4)cc3)N3CCN(c4cc(Cl)ccc4-n4cnnn4)C(=O)C3=O)ccc21. The number of piperazine rings is 1.